The summed E-state index contributed by atoms with van der Waals surface area (Å²) in [6, 6.07) is -0.0693. The number of likely N-dealkylation sites (tertiary alicyclic amines) is 1. The van der Waals surface area contributed by atoms with Gasteiger partial charge in [-0.15, -0.1) is 0 Å². The van der Waals surface area contributed by atoms with Crippen molar-refractivity contribution in [3.63, 3.8) is 0 Å². The Bertz CT molecular complexity index is 524. The number of carbonyl (C=O) groups is 1. The lowest BCUT2D eigenvalue weighted by molar-refractivity contribution is 0.0852. The molecule has 0 radical (unpaired) electrons. The second-order valence-corrected chi connectivity index (χ2v) is 8.47. The first-order chi connectivity index (χ1) is 10.5. The van der Waals surface area contributed by atoms with Crippen LogP contribution in [0.25, 0.3) is 0 Å². The predicted molar refractivity (Wildman–Crippen MR) is 82.1 cm³/mol. The molecular weight excluding hydrogens is 306 g/mol. The molecule has 0 spiro atoms. The third-order valence-electron chi connectivity index (χ3n) is 5.06. The Kier molecular flexibility index (Phi) is 4.61. The van der Waals surface area contributed by atoms with Gasteiger partial charge in [-0.3, -0.25) is 0 Å². The zero-order chi connectivity index (χ0) is 15.7. The molecular formula is C14H25N3O4S. The summed E-state index contributed by atoms with van der Waals surface area (Å²) in [6.07, 6.45) is 4.52. The topological polar surface area (TPSA) is 79.0 Å². The van der Waals surface area contributed by atoms with Crippen LogP contribution in [0.4, 0.5) is 4.79 Å². The first-order valence-electron chi connectivity index (χ1n) is 8.09. The molecule has 3 fully saturated rings. The third kappa shape index (κ3) is 3.09. The fourth-order valence-electron chi connectivity index (χ4n) is 3.85. The van der Waals surface area contributed by atoms with Gasteiger partial charge < -0.3 is 15.0 Å². The summed E-state index contributed by atoms with van der Waals surface area (Å²) in [7, 11) is -1.42. The number of nitrogens with zero attached hydrogens (tertiary/aromatic N) is 2. The van der Waals surface area contributed by atoms with Crippen molar-refractivity contribution >= 4 is 16.1 Å². The largest absolute Gasteiger partial charge is 0.379 e. The van der Waals surface area contributed by atoms with Crippen molar-refractivity contribution in [2.75, 3.05) is 32.5 Å². The second-order valence-electron chi connectivity index (χ2n) is 6.43. The summed E-state index contributed by atoms with van der Waals surface area (Å²) in [5, 5.41) is 3.05. The molecule has 2 aliphatic heterocycles. The molecule has 0 aromatic carbocycles. The molecule has 1 aliphatic carbocycles. The lowest BCUT2D eigenvalue weighted by atomic mass is 10.2. The van der Waals surface area contributed by atoms with Crippen molar-refractivity contribution in [2.45, 2.75) is 50.3 Å². The van der Waals surface area contributed by atoms with Crippen molar-refractivity contribution in [2.24, 2.45) is 0 Å². The van der Waals surface area contributed by atoms with Gasteiger partial charge in [-0.2, -0.15) is 4.31 Å². The number of ether oxygens (including phenoxy) is 1. The number of carbonyl (C=O) groups excluding carboxylic acids is 1. The first-order valence-corrected chi connectivity index (χ1v) is 9.70. The zero-order valence-corrected chi connectivity index (χ0v) is 13.8. The number of amides is 2. The van der Waals surface area contributed by atoms with E-state index >= 15 is 0 Å². The molecule has 3 atom stereocenters. The lowest BCUT2D eigenvalue weighted by Gasteiger charge is -2.25. The molecule has 22 heavy (non-hydrogen) atoms. The molecule has 126 valence electrons. The van der Waals surface area contributed by atoms with Crippen molar-refractivity contribution < 1.29 is 17.9 Å². The number of hydrogen-bond donors (Lipinski definition) is 1. The van der Waals surface area contributed by atoms with E-state index < -0.39 is 10.0 Å². The number of hydrogen-bond acceptors (Lipinski definition) is 4. The standard InChI is InChI=1S/C14H25N3O4S/c1-21-13-5-2-4-12(13)15-14(18)16-8-6-11(10-16)17-7-3-9-22(17,19)20/h11-13H,2-10H2,1H3,(H,15,18)/t11?,12-,13-/m1/s1. The minimum Gasteiger partial charge on any atom is -0.379 e. The molecule has 1 N–H and O–H groups in total. The van der Waals surface area contributed by atoms with Crippen molar-refractivity contribution in [3.8, 4) is 0 Å². The summed E-state index contributed by atoms with van der Waals surface area (Å²) in [5.41, 5.74) is 0. The SMILES string of the molecule is CO[C@@H]1CCC[C@H]1NC(=O)N1CCC(N2CCCS2(=O)=O)C1. The van der Waals surface area contributed by atoms with Gasteiger partial charge in [0.15, 0.2) is 0 Å². The number of nitrogens with one attached hydrogen (secondary N) is 1. The molecule has 2 saturated heterocycles. The van der Waals surface area contributed by atoms with Crippen LogP contribution in [-0.4, -0.2) is 74.3 Å². The maximum absolute atomic E-state index is 12.4. The van der Waals surface area contributed by atoms with Crippen LogP contribution in [0.15, 0.2) is 0 Å². The Balaban J connectivity index is 1.55. The smallest absolute Gasteiger partial charge is 0.317 e. The van der Waals surface area contributed by atoms with Crippen LogP contribution in [0.2, 0.25) is 0 Å². The maximum Gasteiger partial charge on any atom is 0.317 e. The van der Waals surface area contributed by atoms with Crippen LogP contribution in [0.1, 0.15) is 32.1 Å². The van der Waals surface area contributed by atoms with E-state index in [0.717, 1.165) is 25.7 Å². The van der Waals surface area contributed by atoms with E-state index in [9.17, 15) is 13.2 Å². The predicted octanol–water partition coefficient (Wildman–Crippen LogP) is 0.373. The van der Waals surface area contributed by atoms with E-state index in [0.29, 0.717) is 26.1 Å². The maximum atomic E-state index is 12.4. The van der Waals surface area contributed by atoms with Gasteiger partial charge >= 0.3 is 6.03 Å². The van der Waals surface area contributed by atoms with E-state index in [1.54, 1.807) is 16.3 Å². The Morgan fingerprint density at radius 2 is 2.00 bits per heavy atom. The van der Waals surface area contributed by atoms with Crippen molar-refractivity contribution in [1.29, 1.82) is 0 Å². The monoisotopic (exact) mass is 331 g/mol. The summed E-state index contributed by atoms with van der Waals surface area (Å²) < 4.78 is 30.9. The molecule has 3 rings (SSSR count). The third-order valence-corrected chi connectivity index (χ3v) is 7.06. The molecule has 0 bridgehead atoms. The first kappa shape index (κ1) is 16.0. The Morgan fingerprint density at radius 1 is 1.18 bits per heavy atom. The van der Waals surface area contributed by atoms with E-state index in [-0.39, 0.29) is 30.0 Å². The number of urea groups is 1. The van der Waals surface area contributed by atoms with Gasteiger partial charge in [-0.25, -0.2) is 13.2 Å². The highest BCUT2D eigenvalue weighted by atomic mass is 32.2. The highest BCUT2D eigenvalue weighted by molar-refractivity contribution is 7.89. The van der Waals surface area contributed by atoms with Gasteiger partial charge in [-0.1, -0.05) is 0 Å². The number of rotatable bonds is 3. The highest BCUT2D eigenvalue weighted by Crippen LogP contribution is 2.25. The molecule has 1 unspecified atom stereocenters. The van der Waals surface area contributed by atoms with Crippen molar-refractivity contribution in [1.82, 2.24) is 14.5 Å². The molecule has 1 saturated carbocycles. The van der Waals surface area contributed by atoms with E-state index in [1.165, 1.54) is 0 Å². The molecule has 2 amide bonds. The minimum atomic E-state index is -3.10. The number of sulfonamides is 1. The Hall–Kier alpha value is -0.860. The minimum absolute atomic E-state index is 0.0555. The van der Waals surface area contributed by atoms with Gasteiger partial charge in [0, 0.05) is 32.8 Å². The van der Waals surface area contributed by atoms with Gasteiger partial charge in [-0.05, 0) is 32.1 Å². The number of methoxy groups -OCH3 is 1. The van der Waals surface area contributed by atoms with Crippen LogP contribution in [-0.2, 0) is 14.8 Å². The van der Waals surface area contributed by atoms with Crippen molar-refractivity contribution in [3.05, 3.63) is 0 Å². The van der Waals surface area contributed by atoms with Crippen LogP contribution >= 0.6 is 0 Å². The Labute approximate surface area is 132 Å². The second kappa shape index (κ2) is 6.33. The van der Waals surface area contributed by atoms with E-state index in [1.807, 2.05) is 0 Å². The Morgan fingerprint density at radius 3 is 2.68 bits per heavy atom. The normalized spacial score (nSPS) is 35.1. The fraction of sp³-hybridized carbons (Fsp3) is 0.929. The van der Waals surface area contributed by atoms with Gasteiger partial charge in [0.05, 0.1) is 17.9 Å². The molecule has 0 aromatic rings. The van der Waals surface area contributed by atoms with E-state index in [2.05, 4.69) is 5.32 Å². The highest BCUT2D eigenvalue weighted by Gasteiger charge is 2.39. The molecule has 7 nitrogen and oxygen atoms in total. The van der Waals surface area contributed by atoms with E-state index in [4.69, 9.17) is 4.74 Å². The van der Waals surface area contributed by atoms with Gasteiger partial charge in [0.25, 0.3) is 0 Å². The summed E-state index contributed by atoms with van der Waals surface area (Å²) in [4.78, 5) is 14.1. The summed E-state index contributed by atoms with van der Waals surface area (Å²) in [5.74, 6) is 0.243. The quantitative estimate of drug-likeness (QED) is 0.810. The summed E-state index contributed by atoms with van der Waals surface area (Å²) >= 11 is 0. The van der Waals surface area contributed by atoms with Crippen LogP contribution in [0, 0.1) is 0 Å². The van der Waals surface area contributed by atoms with Crippen LogP contribution in [0.3, 0.4) is 0 Å². The van der Waals surface area contributed by atoms with Gasteiger partial charge in [0.2, 0.25) is 10.0 Å². The molecule has 3 aliphatic rings. The average Bonchev–Trinajstić information content (AvgIpc) is 3.17. The lowest BCUT2D eigenvalue weighted by Crippen LogP contribution is -2.48. The molecule has 2 heterocycles. The summed E-state index contributed by atoms with van der Waals surface area (Å²) in [6.45, 7) is 1.71. The van der Waals surface area contributed by atoms with Crippen LogP contribution in [0.5, 0.6) is 0 Å². The molecule has 8 heteroatoms. The fourth-order valence-corrected chi connectivity index (χ4v) is 5.62. The molecule has 0 aromatic heterocycles. The van der Waals surface area contributed by atoms with Gasteiger partial charge in [0.1, 0.15) is 0 Å². The average molecular weight is 331 g/mol. The zero-order valence-electron chi connectivity index (χ0n) is 13.0. The van der Waals surface area contributed by atoms with Crippen LogP contribution < -0.4 is 5.32 Å².